The second kappa shape index (κ2) is 8.57. The Kier molecular flexibility index (Phi) is 8.71. The molecule has 0 bridgehead atoms. The molecular formula is C14H36N2OSi2. The standard InChI is InChI=1S/C14H36N2OSi2/c1-13(9-15-3)11-18(5,6)17-19(7,8)12-14(2)10-16-4/h13-16H,9-12H2,1-8H3. The molecule has 0 saturated heterocycles. The molecule has 0 fully saturated rings. The van der Waals surface area contributed by atoms with Crippen molar-refractivity contribution in [3.63, 3.8) is 0 Å². The third-order valence-corrected chi connectivity index (χ3v) is 11.1. The summed E-state index contributed by atoms with van der Waals surface area (Å²) in [6.45, 7) is 16.4. The second-order valence-electron chi connectivity index (χ2n) is 7.36. The first-order valence-corrected chi connectivity index (χ1v) is 13.8. The third-order valence-electron chi connectivity index (χ3n) is 3.34. The molecule has 0 aromatic rings. The zero-order valence-electron chi connectivity index (χ0n) is 14.4. The van der Waals surface area contributed by atoms with E-state index in [9.17, 15) is 0 Å². The summed E-state index contributed by atoms with van der Waals surface area (Å²) in [5.41, 5.74) is 0. The van der Waals surface area contributed by atoms with Crippen molar-refractivity contribution in [2.75, 3.05) is 27.2 Å². The van der Waals surface area contributed by atoms with Crippen LogP contribution in [0.1, 0.15) is 13.8 Å². The number of hydrogen-bond donors (Lipinski definition) is 2. The van der Waals surface area contributed by atoms with Gasteiger partial charge in [-0.2, -0.15) is 0 Å². The fourth-order valence-electron chi connectivity index (χ4n) is 3.35. The van der Waals surface area contributed by atoms with E-state index in [-0.39, 0.29) is 0 Å². The molecule has 0 heterocycles. The summed E-state index contributed by atoms with van der Waals surface area (Å²) in [7, 11) is 1.01. The van der Waals surface area contributed by atoms with Gasteiger partial charge >= 0.3 is 0 Å². The van der Waals surface area contributed by atoms with Crippen LogP contribution >= 0.6 is 0 Å². The summed E-state index contributed by atoms with van der Waals surface area (Å²) in [5.74, 6) is 1.43. The summed E-state index contributed by atoms with van der Waals surface area (Å²) < 4.78 is 6.68. The SMILES string of the molecule is CNCC(C)C[Si](C)(C)O[Si](C)(C)CC(C)CNC. The molecule has 2 atom stereocenters. The molecule has 0 aromatic heterocycles. The van der Waals surface area contributed by atoms with E-state index in [4.69, 9.17) is 4.12 Å². The van der Waals surface area contributed by atoms with Crippen molar-refractivity contribution in [1.29, 1.82) is 0 Å². The minimum absolute atomic E-state index is 0.714. The lowest BCUT2D eigenvalue weighted by atomic mass is 10.2. The summed E-state index contributed by atoms with van der Waals surface area (Å²) in [6.07, 6.45) is 0. The molecule has 0 amide bonds. The van der Waals surface area contributed by atoms with Crippen molar-refractivity contribution in [2.45, 2.75) is 52.1 Å². The second-order valence-corrected chi connectivity index (χ2v) is 16.0. The summed E-state index contributed by atoms with van der Waals surface area (Å²) in [5, 5.41) is 6.54. The van der Waals surface area contributed by atoms with E-state index in [1.165, 1.54) is 12.1 Å². The highest BCUT2D eigenvalue weighted by Gasteiger charge is 2.34. The minimum atomic E-state index is -1.53. The maximum Gasteiger partial charge on any atom is 0.173 e. The molecule has 0 aliphatic rings. The Balaban J connectivity index is 4.36. The van der Waals surface area contributed by atoms with E-state index in [2.05, 4.69) is 50.7 Å². The zero-order valence-corrected chi connectivity index (χ0v) is 16.4. The van der Waals surface area contributed by atoms with Gasteiger partial charge in [-0.3, -0.25) is 0 Å². The van der Waals surface area contributed by atoms with Crippen molar-refractivity contribution < 1.29 is 4.12 Å². The predicted molar refractivity (Wildman–Crippen MR) is 91.8 cm³/mol. The summed E-state index contributed by atoms with van der Waals surface area (Å²) >= 11 is 0. The van der Waals surface area contributed by atoms with E-state index in [0.29, 0.717) is 11.8 Å². The smallest absolute Gasteiger partial charge is 0.173 e. The van der Waals surface area contributed by atoms with Gasteiger partial charge in [0.25, 0.3) is 0 Å². The molecule has 0 rings (SSSR count). The zero-order chi connectivity index (χ0) is 15.1. The van der Waals surface area contributed by atoms with Gasteiger partial charge in [0.15, 0.2) is 16.6 Å². The van der Waals surface area contributed by atoms with Crippen molar-refractivity contribution in [2.24, 2.45) is 11.8 Å². The molecule has 5 heteroatoms. The lowest BCUT2D eigenvalue weighted by molar-refractivity contribution is 0.481. The average Bonchev–Trinajstić information content (AvgIpc) is 2.13. The van der Waals surface area contributed by atoms with Crippen LogP contribution in [0.5, 0.6) is 0 Å². The van der Waals surface area contributed by atoms with Crippen molar-refractivity contribution >= 4 is 16.6 Å². The molecule has 0 spiro atoms. The quantitative estimate of drug-likeness (QED) is 0.608. The third kappa shape index (κ3) is 9.79. The van der Waals surface area contributed by atoms with Gasteiger partial charge in [0.05, 0.1) is 0 Å². The van der Waals surface area contributed by atoms with E-state index >= 15 is 0 Å². The maximum atomic E-state index is 6.68. The van der Waals surface area contributed by atoms with Crippen molar-refractivity contribution in [3.05, 3.63) is 0 Å². The largest absolute Gasteiger partial charge is 0.455 e. The average molecular weight is 305 g/mol. The van der Waals surface area contributed by atoms with Crippen LogP contribution in [0.4, 0.5) is 0 Å². The molecule has 2 unspecified atom stereocenters. The van der Waals surface area contributed by atoms with Crippen molar-refractivity contribution in [1.82, 2.24) is 10.6 Å². The Hall–Kier alpha value is 0.314. The Morgan fingerprint density at radius 1 is 0.789 bits per heavy atom. The van der Waals surface area contributed by atoms with Gasteiger partial charge in [-0.15, -0.1) is 0 Å². The van der Waals surface area contributed by atoms with Gasteiger partial charge in [0.1, 0.15) is 0 Å². The van der Waals surface area contributed by atoms with E-state index in [0.717, 1.165) is 13.1 Å². The molecule has 0 aliphatic heterocycles. The first kappa shape index (κ1) is 19.3. The molecule has 116 valence electrons. The molecule has 0 aromatic carbocycles. The summed E-state index contributed by atoms with van der Waals surface area (Å²) in [6, 6.07) is 2.51. The van der Waals surface area contributed by atoms with Crippen LogP contribution in [-0.2, 0) is 4.12 Å². The van der Waals surface area contributed by atoms with Gasteiger partial charge in [-0.1, -0.05) is 13.8 Å². The molecule has 0 saturated carbocycles. The Labute approximate surface area is 123 Å². The molecule has 2 N–H and O–H groups in total. The van der Waals surface area contributed by atoms with Crippen LogP contribution in [-0.4, -0.2) is 43.8 Å². The van der Waals surface area contributed by atoms with Gasteiger partial charge in [0.2, 0.25) is 0 Å². The lowest BCUT2D eigenvalue weighted by Gasteiger charge is -2.36. The van der Waals surface area contributed by atoms with Gasteiger partial charge in [-0.25, -0.2) is 0 Å². The molecule has 19 heavy (non-hydrogen) atoms. The van der Waals surface area contributed by atoms with Gasteiger partial charge in [-0.05, 0) is 77.3 Å². The molecule has 3 nitrogen and oxygen atoms in total. The van der Waals surface area contributed by atoms with Gasteiger partial charge < -0.3 is 14.7 Å². The number of nitrogens with one attached hydrogen (secondary N) is 2. The van der Waals surface area contributed by atoms with Crippen LogP contribution in [0, 0.1) is 11.8 Å². The highest BCUT2D eigenvalue weighted by atomic mass is 28.4. The van der Waals surface area contributed by atoms with Crippen molar-refractivity contribution in [3.8, 4) is 0 Å². The predicted octanol–water partition coefficient (Wildman–Crippen LogP) is 3.12. The fraction of sp³-hybridized carbons (Fsp3) is 1.00. The molecule has 0 radical (unpaired) electrons. The number of rotatable bonds is 10. The summed E-state index contributed by atoms with van der Waals surface area (Å²) in [4.78, 5) is 0. The van der Waals surface area contributed by atoms with Crippen LogP contribution in [0.2, 0.25) is 38.3 Å². The first-order chi connectivity index (χ1) is 8.62. The van der Waals surface area contributed by atoms with Crippen LogP contribution in [0.25, 0.3) is 0 Å². The highest BCUT2D eigenvalue weighted by molar-refractivity contribution is 6.84. The van der Waals surface area contributed by atoms with E-state index in [1.54, 1.807) is 0 Å². The first-order valence-electron chi connectivity index (χ1n) is 7.61. The maximum absolute atomic E-state index is 6.68. The van der Waals surface area contributed by atoms with E-state index in [1.807, 2.05) is 14.1 Å². The highest BCUT2D eigenvalue weighted by Crippen LogP contribution is 2.26. The number of hydrogen-bond acceptors (Lipinski definition) is 3. The molecule has 0 aliphatic carbocycles. The minimum Gasteiger partial charge on any atom is -0.455 e. The topological polar surface area (TPSA) is 33.3 Å². The lowest BCUT2D eigenvalue weighted by Crippen LogP contribution is -2.46. The molecular weight excluding hydrogens is 268 g/mol. The Morgan fingerprint density at radius 2 is 1.11 bits per heavy atom. The Bertz CT molecular complexity index is 224. The van der Waals surface area contributed by atoms with Crippen LogP contribution in [0.3, 0.4) is 0 Å². The fourth-order valence-corrected chi connectivity index (χ4v) is 13.6. The monoisotopic (exact) mass is 304 g/mol. The van der Waals surface area contributed by atoms with Gasteiger partial charge in [0, 0.05) is 0 Å². The normalized spacial score (nSPS) is 16.4. The Morgan fingerprint density at radius 3 is 1.37 bits per heavy atom. The van der Waals surface area contributed by atoms with Crippen LogP contribution < -0.4 is 10.6 Å². The van der Waals surface area contributed by atoms with E-state index < -0.39 is 16.6 Å². The van der Waals surface area contributed by atoms with Crippen LogP contribution in [0.15, 0.2) is 0 Å².